The van der Waals surface area contributed by atoms with Crippen LogP contribution in [-0.2, 0) is 11.3 Å². The monoisotopic (exact) mass is 269 g/mol. The number of halogens is 1. The normalized spacial score (nSPS) is 23.3. The van der Waals surface area contributed by atoms with E-state index in [0.29, 0.717) is 17.2 Å². The number of hydrogen-bond donors (Lipinski definition) is 1. The van der Waals surface area contributed by atoms with Gasteiger partial charge < -0.3 is 14.8 Å². The summed E-state index contributed by atoms with van der Waals surface area (Å²) in [6.07, 6.45) is 3.85. The fourth-order valence-corrected chi connectivity index (χ4v) is 2.70. The van der Waals surface area contributed by atoms with Crippen molar-refractivity contribution < 1.29 is 9.47 Å². The van der Waals surface area contributed by atoms with E-state index in [2.05, 4.69) is 5.32 Å². The van der Waals surface area contributed by atoms with Crippen LogP contribution in [-0.4, -0.2) is 26.4 Å². The van der Waals surface area contributed by atoms with Gasteiger partial charge in [0.25, 0.3) is 0 Å². The molecule has 1 aliphatic carbocycles. The third kappa shape index (κ3) is 3.37. The van der Waals surface area contributed by atoms with Crippen LogP contribution in [0.25, 0.3) is 0 Å². The highest BCUT2D eigenvalue weighted by Crippen LogP contribution is 2.26. The Balaban J connectivity index is 1.85. The Kier molecular flexibility index (Phi) is 4.87. The molecule has 3 nitrogen and oxygen atoms in total. The van der Waals surface area contributed by atoms with E-state index in [1.165, 1.54) is 12.0 Å². The zero-order chi connectivity index (χ0) is 13.0. The Bertz CT molecular complexity index is 397. The average molecular weight is 270 g/mol. The fraction of sp³-hybridized carbons (Fsp3) is 0.571. The maximum Gasteiger partial charge on any atom is 0.137 e. The summed E-state index contributed by atoms with van der Waals surface area (Å²) in [4.78, 5) is 0. The number of nitrogens with one attached hydrogen (secondary N) is 1. The van der Waals surface area contributed by atoms with Crippen LogP contribution in [0.1, 0.15) is 24.8 Å². The van der Waals surface area contributed by atoms with Gasteiger partial charge in [-0.15, -0.1) is 0 Å². The SMILES string of the molecule is COc1ccc(CNC2CCC(OC)C2)cc1Cl. The van der Waals surface area contributed by atoms with Gasteiger partial charge in [-0.1, -0.05) is 17.7 Å². The lowest BCUT2D eigenvalue weighted by Gasteiger charge is -2.13. The van der Waals surface area contributed by atoms with Crippen molar-refractivity contribution in [3.8, 4) is 5.75 Å². The van der Waals surface area contributed by atoms with Gasteiger partial charge >= 0.3 is 0 Å². The van der Waals surface area contributed by atoms with Gasteiger partial charge in [0, 0.05) is 19.7 Å². The summed E-state index contributed by atoms with van der Waals surface area (Å²) in [5, 5.41) is 4.21. The third-order valence-electron chi connectivity index (χ3n) is 3.53. The van der Waals surface area contributed by atoms with E-state index in [4.69, 9.17) is 21.1 Å². The molecule has 1 saturated carbocycles. The Hall–Kier alpha value is -0.770. The van der Waals surface area contributed by atoms with Gasteiger partial charge in [0.1, 0.15) is 5.75 Å². The molecule has 0 bridgehead atoms. The number of benzene rings is 1. The molecule has 18 heavy (non-hydrogen) atoms. The molecular weight excluding hydrogens is 250 g/mol. The predicted molar refractivity (Wildman–Crippen MR) is 73.3 cm³/mol. The van der Waals surface area contributed by atoms with Crippen LogP contribution in [0, 0.1) is 0 Å². The summed E-state index contributed by atoms with van der Waals surface area (Å²) < 4.78 is 10.5. The Morgan fingerprint density at radius 3 is 2.78 bits per heavy atom. The van der Waals surface area contributed by atoms with Crippen molar-refractivity contribution in [3.05, 3.63) is 28.8 Å². The van der Waals surface area contributed by atoms with Crippen LogP contribution in [0.15, 0.2) is 18.2 Å². The zero-order valence-corrected chi connectivity index (χ0v) is 11.7. The van der Waals surface area contributed by atoms with Crippen LogP contribution < -0.4 is 10.1 Å². The second-order valence-electron chi connectivity index (χ2n) is 4.72. The maximum atomic E-state index is 6.10. The third-order valence-corrected chi connectivity index (χ3v) is 3.82. The van der Waals surface area contributed by atoms with Gasteiger partial charge in [-0.2, -0.15) is 0 Å². The molecule has 0 saturated heterocycles. The van der Waals surface area contributed by atoms with Gasteiger partial charge in [0.15, 0.2) is 0 Å². The van der Waals surface area contributed by atoms with Crippen molar-refractivity contribution in [1.82, 2.24) is 5.32 Å². The van der Waals surface area contributed by atoms with Crippen molar-refractivity contribution in [3.63, 3.8) is 0 Å². The molecule has 4 heteroatoms. The predicted octanol–water partition coefficient (Wildman–Crippen LogP) is 3.01. The van der Waals surface area contributed by atoms with Crippen molar-refractivity contribution in [2.24, 2.45) is 0 Å². The first-order valence-corrected chi connectivity index (χ1v) is 6.69. The molecule has 2 rings (SSSR count). The first-order valence-electron chi connectivity index (χ1n) is 6.31. The van der Waals surface area contributed by atoms with Crippen molar-refractivity contribution >= 4 is 11.6 Å². The van der Waals surface area contributed by atoms with Gasteiger partial charge in [0.05, 0.1) is 18.2 Å². The Labute approximate surface area is 113 Å². The maximum absolute atomic E-state index is 6.10. The molecule has 2 atom stereocenters. The van der Waals surface area contributed by atoms with Gasteiger partial charge in [-0.05, 0) is 37.0 Å². The van der Waals surface area contributed by atoms with Gasteiger partial charge in [-0.25, -0.2) is 0 Å². The van der Waals surface area contributed by atoms with Crippen LogP contribution in [0.2, 0.25) is 5.02 Å². The molecule has 1 aromatic carbocycles. The van der Waals surface area contributed by atoms with Crippen LogP contribution in [0.5, 0.6) is 5.75 Å². The first-order chi connectivity index (χ1) is 8.72. The topological polar surface area (TPSA) is 30.5 Å². The Morgan fingerprint density at radius 2 is 2.17 bits per heavy atom. The molecule has 0 amide bonds. The molecule has 1 fully saturated rings. The number of hydrogen-bond acceptors (Lipinski definition) is 3. The lowest BCUT2D eigenvalue weighted by molar-refractivity contribution is 0.107. The largest absolute Gasteiger partial charge is 0.495 e. The summed E-state index contributed by atoms with van der Waals surface area (Å²) in [6.45, 7) is 0.838. The summed E-state index contributed by atoms with van der Waals surface area (Å²) in [5.74, 6) is 0.723. The molecule has 2 unspecified atom stereocenters. The molecule has 1 aromatic rings. The second kappa shape index (κ2) is 6.41. The quantitative estimate of drug-likeness (QED) is 0.891. The van der Waals surface area contributed by atoms with E-state index in [-0.39, 0.29) is 0 Å². The number of rotatable bonds is 5. The minimum atomic E-state index is 0.418. The summed E-state index contributed by atoms with van der Waals surface area (Å²) >= 11 is 6.10. The summed E-state index contributed by atoms with van der Waals surface area (Å²) in [5.41, 5.74) is 1.18. The van der Waals surface area contributed by atoms with Crippen molar-refractivity contribution in [2.75, 3.05) is 14.2 Å². The number of methoxy groups -OCH3 is 2. The highest BCUT2D eigenvalue weighted by Gasteiger charge is 2.23. The molecule has 0 aromatic heterocycles. The summed E-state index contributed by atoms with van der Waals surface area (Å²) in [7, 11) is 3.42. The molecule has 0 heterocycles. The molecule has 0 aliphatic heterocycles. The van der Waals surface area contributed by atoms with Gasteiger partial charge in [0.2, 0.25) is 0 Å². The van der Waals surface area contributed by atoms with Gasteiger partial charge in [-0.3, -0.25) is 0 Å². The molecular formula is C14H20ClNO2. The summed E-state index contributed by atoms with van der Waals surface area (Å²) in [6, 6.07) is 6.46. The van der Waals surface area contributed by atoms with E-state index in [1.54, 1.807) is 14.2 Å². The highest BCUT2D eigenvalue weighted by atomic mass is 35.5. The average Bonchev–Trinajstić information content (AvgIpc) is 2.84. The smallest absolute Gasteiger partial charge is 0.137 e. The van der Waals surface area contributed by atoms with E-state index < -0.39 is 0 Å². The molecule has 1 aliphatic rings. The lowest BCUT2D eigenvalue weighted by atomic mass is 10.2. The highest BCUT2D eigenvalue weighted by molar-refractivity contribution is 6.32. The second-order valence-corrected chi connectivity index (χ2v) is 5.12. The van der Waals surface area contributed by atoms with Crippen LogP contribution >= 0.6 is 11.6 Å². The molecule has 100 valence electrons. The van der Waals surface area contributed by atoms with Crippen molar-refractivity contribution in [2.45, 2.75) is 38.0 Å². The molecule has 0 spiro atoms. The molecule has 1 N–H and O–H groups in total. The van der Waals surface area contributed by atoms with E-state index in [0.717, 1.165) is 25.1 Å². The standard InChI is InChI=1S/C14H20ClNO2/c1-17-12-5-4-11(8-12)16-9-10-3-6-14(18-2)13(15)7-10/h3,6-7,11-12,16H,4-5,8-9H2,1-2H3. The van der Waals surface area contributed by atoms with Crippen LogP contribution in [0.4, 0.5) is 0 Å². The molecule has 0 radical (unpaired) electrons. The zero-order valence-electron chi connectivity index (χ0n) is 10.9. The van der Waals surface area contributed by atoms with E-state index in [1.807, 2.05) is 18.2 Å². The van der Waals surface area contributed by atoms with E-state index in [9.17, 15) is 0 Å². The van der Waals surface area contributed by atoms with E-state index >= 15 is 0 Å². The minimum Gasteiger partial charge on any atom is -0.495 e. The van der Waals surface area contributed by atoms with Crippen LogP contribution in [0.3, 0.4) is 0 Å². The fourth-order valence-electron chi connectivity index (χ4n) is 2.42. The first kappa shape index (κ1) is 13.7. The minimum absolute atomic E-state index is 0.418. The van der Waals surface area contributed by atoms with Crippen molar-refractivity contribution in [1.29, 1.82) is 0 Å². The number of ether oxygens (including phenoxy) is 2. The lowest BCUT2D eigenvalue weighted by Crippen LogP contribution is -2.26. The Morgan fingerprint density at radius 1 is 1.33 bits per heavy atom.